The predicted octanol–water partition coefficient (Wildman–Crippen LogP) is 15.4. The third-order valence-electron chi connectivity index (χ3n) is 15.6. The van der Waals surface area contributed by atoms with Crippen LogP contribution >= 0.6 is 0 Å². The number of rotatable bonds is 5. The van der Waals surface area contributed by atoms with E-state index in [9.17, 15) is 0 Å². The maximum atomic E-state index is 6.62. The molecule has 2 heterocycles. The Balaban J connectivity index is 1.17. The first-order valence-corrected chi connectivity index (χ1v) is 23.5. The quantitative estimate of drug-likeness (QED) is 0.175. The van der Waals surface area contributed by atoms with Gasteiger partial charge in [-0.3, -0.25) is 0 Å². The van der Waals surface area contributed by atoms with E-state index < -0.39 is 0 Å². The zero-order chi connectivity index (χ0) is 44.5. The minimum Gasteiger partial charge on any atom is -0.456 e. The Kier molecular flexibility index (Phi) is 9.08. The lowest BCUT2D eigenvalue weighted by Gasteiger charge is -2.44. The summed E-state index contributed by atoms with van der Waals surface area (Å²) in [6.07, 6.45) is 4.71. The van der Waals surface area contributed by atoms with E-state index in [2.05, 4.69) is 214 Å². The number of nitrogens with zero attached hydrogens (tertiary/aromatic N) is 1. The summed E-state index contributed by atoms with van der Waals surface area (Å²) in [6, 6.07) is 47.8. The molecule has 2 aliphatic carbocycles. The van der Waals surface area contributed by atoms with Crippen molar-refractivity contribution in [3.05, 3.63) is 161 Å². The molecule has 0 bridgehead atoms. The normalized spacial score (nSPS) is 17.6. The van der Waals surface area contributed by atoms with Gasteiger partial charge in [-0.15, -0.1) is 0 Å². The molecule has 64 heavy (non-hydrogen) atoms. The third-order valence-corrected chi connectivity index (χ3v) is 15.6. The lowest BCUT2D eigenvalue weighted by Crippen LogP contribution is -2.41. The van der Waals surface area contributed by atoms with Crippen LogP contribution in [0.15, 0.2) is 132 Å². The van der Waals surface area contributed by atoms with Crippen molar-refractivity contribution in [2.75, 3.05) is 10.2 Å². The molecule has 0 unspecified atom stereocenters. The number of anilines is 5. The summed E-state index contributed by atoms with van der Waals surface area (Å²) in [7, 11) is 2.45. The maximum absolute atomic E-state index is 6.62. The van der Waals surface area contributed by atoms with Crippen LogP contribution in [0.4, 0.5) is 28.4 Å². The van der Waals surface area contributed by atoms with Gasteiger partial charge in [0.1, 0.15) is 11.2 Å². The second kappa shape index (κ2) is 14.3. The van der Waals surface area contributed by atoms with E-state index in [0.717, 1.165) is 45.3 Å². The molecule has 1 aromatic heterocycles. The Labute approximate surface area is 381 Å². The molecule has 1 N–H and O–H groups in total. The van der Waals surface area contributed by atoms with Crippen LogP contribution in [0.3, 0.4) is 0 Å². The monoisotopic (exact) mass is 835 g/mol. The van der Waals surface area contributed by atoms with Crippen molar-refractivity contribution < 1.29 is 4.42 Å². The lowest BCUT2D eigenvalue weighted by molar-refractivity contribution is 0.332. The van der Waals surface area contributed by atoms with Crippen LogP contribution in [0.1, 0.15) is 114 Å². The number of aryl methyl sites for hydroxylation is 2. The largest absolute Gasteiger partial charge is 0.456 e. The highest BCUT2D eigenvalue weighted by molar-refractivity contribution is 6.73. The molecule has 319 valence electrons. The van der Waals surface area contributed by atoms with E-state index in [-0.39, 0.29) is 21.7 Å². The van der Waals surface area contributed by atoms with Crippen molar-refractivity contribution in [1.29, 1.82) is 0 Å². The van der Waals surface area contributed by atoms with Gasteiger partial charge in [0.2, 0.25) is 0 Å². The molecule has 3 aliphatic rings. The molecule has 4 heteroatoms. The Morgan fingerprint density at radius 1 is 0.516 bits per heavy atom. The fourth-order valence-electron chi connectivity index (χ4n) is 11.5. The summed E-state index contributed by atoms with van der Waals surface area (Å²) in [5.41, 5.74) is 23.6. The van der Waals surface area contributed by atoms with E-state index in [1.165, 1.54) is 97.3 Å². The van der Waals surface area contributed by atoms with E-state index in [4.69, 9.17) is 4.42 Å². The van der Waals surface area contributed by atoms with Crippen molar-refractivity contribution in [2.24, 2.45) is 0 Å². The number of hydrogen-bond acceptors (Lipinski definition) is 3. The highest BCUT2D eigenvalue weighted by atomic mass is 16.3. The number of para-hydroxylation sites is 1. The number of nitrogens with one attached hydrogen (secondary N) is 1. The maximum Gasteiger partial charge on any atom is 0.197 e. The second-order valence-electron chi connectivity index (χ2n) is 21.9. The summed E-state index contributed by atoms with van der Waals surface area (Å²) in [5.74, 6) is 0. The van der Waals surface area contributed by atoms with E-state index in [0.29, 0.717) is 0 Å². The van der Waals surface area contributed by atoms with Gasteiger partial charge in [0.25, 0.3) is 0 Å². The molecule has 1 radical (unpaired) electrons. The number of benzene rings is 7. The molecule has 0 spiro atoms. The molecule has 0 saturated carbocycles. The molecule has 8 aromatic rings. The van der Waals surface area contributed by atoms with Crippen LogP contribution in [0.2, 0.25) is 0 Å². The van der Waals surface area contributed by atoms with Gasteiger partial charge in [-0.05, 0) is 165 Å². The molecule has 11 rings (SSSR count). The van der Waals surface area contributed by atoms with Crippen LogP contribution in [0.25, 0.3) is 44.2 Å². The molecule has 0 saturated heterocycles. The molecular weight excluding hydrogens is 775 g/mol. The molecule has 3 nitrogen and oxygen atoms in total. The molecule has 0 atom stereocenters. The highest BCUT2D eigenvalue weighted by Crippen LogP contribution is 2.51. The van der Waals surface area contributed by atoms with E-state index >= 15 is 0 Å². The van der Waals surface area contributed by atoms with Gasteiger partial charge in [0.15, 0.2) is 7.28 Å². The first-order chi connectivity index (χ1) is 30.5. The second-order valence-corrected chi connectivity index (χ2v) is 21.9. The molecule has 7 aromatic carbocycles. The van der Waals surface area contributed by atoms with Gasteiger partial charge in [-0.1, -0.05) is 140 Å². The average molecular weight is 836 g/mol. The molecule has 0 amide bonds. The highest BCUT2D eigenvalue weighted by Gasteiger charge is 2.40. The van der Waals surface area contributed by atoms with E-state index in [1.807, 2.05) is 0 Å². The zero-order valence-corrected chi connectivity index (χ0v) is 39.4. The Morgan fingerprint density at radius 2 is 1.17 bits per heavy atom. The number of hydrogen-bond donors (Lipinski definition) is 1. The van der Waals surface area contributed by atoms with Crippen molar-refractivity contribution >= 4 is 68.6 Å². The minimum atomic E-state index is 0.0702. The van der Waals surface area contributed by atoms with Gasteiger partial charge in [0.05, 0.1) is 11.1 Å². The molecular formula is C60H60BN2O. The number of fused-ring (bicyclic) bond motifs is 7. The van der Waals surface area contributed by atoms with Crippen LogP contribution in [-0.4, -0.2) is 7.28 Å². The topological polar surface area (TPSA) is 28.4 Å². The molecule has 0 fully saturated rings. The van der Waals surface area contributed by atoms with Gasteiger partial charge >= 0.3 is 0 Å². The van der Waals surface area contributed by atoms with Crippen molar-refractivity contribution in [3.63, 3.8) is 0 Å². The summed E-state index contributed by atoms with van der Waals surface area (Å²) in [4.78, 5) is 2.58. The zero-order valence-electron chi connectivity index (χ0n) is 39.4. The molecule has 1 aliphatic heterocycles. The first kappa shape index (κ1) is 40.8. The summed E-state index contributed by atoms with van der Waals surface area (Å²) in [5, 5.41) is 6.32. The smallest absolute Gasteiger partial charge is 0.197 e. The van der Waals surface area contributed by atoms with Gasteiger partial charge in [-0.25, -0.2) is 0 Å². The van der Waals surface area contributed by atoms with Crippen molar-refractivity contribution in [2.45, 2.75) is 117 Å². The van der Waals surface area contributed by atoms with Crippen LogP contribution in [0.5, 0.6) is 0 Å². The average Bonchev–Trinajstić information content (AvgIpc) is 3.66. The Morgan fingerprint density at radius 3 is 1.91 bits per heavy atom. The van der Waals surface area contributed by atoms with Crippen LogP contribution in [0, 0.1) is 13.8 Å². The first-order valence-electron chi connectivity index (χ1n) is 23.5. The SMILES string of the molecule is Cc1cc(-c2ccc3oc4ccccc4c3c2Nc2ccc3c(c2)C(C)(C)CCC3(C)C)c2c(c1)N(c1cc3c(cc1C)C(C)(C)CCC3(C)C)c1ccc(-c3ccccc3)cc1[B]2. The third kappa shape index (κ3) is 6.46. The Bertz CT molecular complexity index is 3200. The predicted molar refractivity (Wildman–Crippen MR) is 274 cm³/mol. The van der Waals surface area contributed by atoms with E-state index in [1.54, 1.807) is 0 Å². The summed E-state index contributed by atoms with van der Waals surface area (Å²) in [6.45, 7) is 23.9. The van der Waals surface area contributed by atoms with Crippen LogP contribution < -0.4 is 21.1 Å². The fourth-order valence-corrected chi connectivity index (χ4v) is 11.5. The fraction of sp³-hybridized carbons (Fsp3) is 0.300. The van der Waals surface area contributed by atoms with Crippen molar-refractivity contribution in [3.8, 4) is 22.3 Å². The summed E-state index contributed by atoms with van der Waals surface area (Å²) < 4.78 is 6.62. The minimum absolute atomic E-state index is 0.0702. The van der Waals surface area contributed by atoms with Gasteiger partial charge < -0.3 is 14.6 Å². The Hall–Kier alpha value is -6.00. The van der Waals surface area contributed by atoms with Gasteiger partial charge in [0, 0.05) is 33.7 Å². The van der Waals surface area contributed by atoms with Gasteiger partial charge in [-0.2, -0.15) is 0 Å². The van der Waals surface area contributed by atoms with Crippen LogP contribution in [-0.2, 0) is 21.7 Å². The standard InChI is InChI=1S/C60H60BN2O/c1-36-30-43(41-22-25-53-54(42-18-14-15-19-52(42)64-53)56(41)62-40-21-23-44-46(34-40)59(7,8)27-26-57(44,3)4)55-51(31-36)63(49-24-20-39(33-48(49)61-55)38-16-12-11-13-17-38)50-35-47-45(32-37(50)2)58(5,6)28-29-60(47,9)10/h11-25,30-35,62H,26-29H2,1-10H3. The number of furan rings is 1. The van der Waals surface area contributed by atoms with Crippen molar-refractivity contribution in [1.82, 2.24) is 0 Å². The lowest BCUT2D eigenvalue weighted by atomic mass is 9.57. The summed E-state index contributed by atoms with van der Waals surface area (Å²) >= 11 is 0.